The van der Waals surface area contributed by atoms with Gasteiger partial charge in [0.05, 0.1) is 22.4 Å². The van der Waals surface area contributed by atoms with Crippen molar-refractivity contribution < 1.29 is 4.68 Å². The van der Waals surface area contributed by atoms with E-state index in [1.165, 1.54) is 12.8 Å². The Hall–Kier alpha value is -4.00. The lowest BCUT2D eigenvalue weighted by molar-refractivity contribution is -0.642. The molecule has 30 heavy (non-hydrogen) atoms. The maximum atomic E-state index is 4.47. The first-order valence-electron chi connectivity index (χ1n) is 10.1. The van der Waals surface area contributed by atoms with Crippen molar-refractivity contribution >= 4 is 16.7 Å². The first-order valence-corrected chi connectivity index (χ1v) is 10.1. The van der Waals surface area contributed by atoms with E-state index in [0.717, 1.165) is 33.8 Å². The van der Waals surface area contributed by atoms with Crippen LogP contribution in [0.1, 0.15) is 18.9 Å². The predicted molar refractivity (Wildman–Crippen MR) is 114 cm³/mol. The van der Waals surface area contributed by atoms with Gasteiger partial charge in [-0.15, -0.1) is 10.2 Å². The molecule has 3 heterocycles. The summed E-state index contributed by atoms with van der Waals surface area (Å²) in [7, 11) is 0. The van der Waals surface area contributed by atoms with E-state index in [9.17, 15) is 0 Å². The zero-order chi connectivity index (χ0) is 19.9. The highest BCUT2D eigenvalue weighted by Gasteiger charge is 2.26. The molecule has 0 saturated heterocycles. The molecule has 7 nitrogen and oxygen atoms in total. The van der Waals surface area contributed by atoms with Crippen LogP contribution in [0.25, 0.3) is 28.1 Å². The summed E-state index contributed by atoms with van der Waals surface area (Å²) in [5, 5.41) is 8.44. The Labute approximate surface area is 173 Å². The Morgan fingerprint density at radius 3 is 2.67 bits per heavy atom. The molecule has 1 saturated carbocycles. The van der Waals surface area contributed by atoms with Crippen molar-refractivity contribution in [1.29, 1.82) is 0 Å². The molecule has 6 rings (SSSR count). The molecule has 2 aromatic carbocycles. The minimum absolute atomic E-state index is 0.549. The molecule has 0 unspecified atom stereocenters. The van der Waals surface area contributed by atoms with Crippen molar-refractivity contribution in [3.63, 3.8) is 0 Å². The normalized spacial score (nSPS) is 13.6. The summed E-state index contributed by atoms with van der Waals surface area (Å²) in [6.07, 6.45) is 10.1. The third-order valence-electron chi connectivity index (χ3n) is 5.44. The van der Waals surface area contributed by atoms with Crippen LogP contribution < -0.4 is 10.1 Å². The molecule has 1 aliphatic carbocycles. The summed E-state index contributed by atoms with van der Waals surface area (Å²) in [5.41, 5.74) is 8.61. The standard InChI is InChI=1S/C23H20N7/c1-2-7-22-21(6-1)24-15-29(22)20-10-12-28(13-11-20)27-18-5-3-4-17(14-18)23-26-25-16-30(23)19-8-9-19/h1-7,10-16,19,27H,8-9H2/q+1. The molecule has 0 radical (unpaired) electrons. The Morgan fingerprint density at radius 2 is 1.80 bits per heavy atom. The molecule has 0 aliphatic heterocycles. The SMILES string of the molecule is c1cc(N[n+]2ccc(-n3cnc4ccccc43)cc2)cc(-c2nncn2C2CC2)c1. The lowest BCUT2D eigenvalue weighted by Gasteiger charge is -2.07. The van der Waals surface area contributed by atoms with E-state index >= 15 is 0 Å². The van der Waals surface area contributed by atoms with Crippen LogP contribution >= 0.6 is 0 Å². The van der Waals surface area contributed by atoms with Gasteiger partial charge in [0.2, 0.25) is 12.4 Å². The van der Waals surface area contributed by atoms with Gasteiger partial charge in [-0.25, -0.2) is 4.98 Å². The van der Waals surface area contributed by atoms with Crippen LogP contribution in [0.3, 0.4) is 0 Å². The zero-order valence-corrected chi connectivity index (χ0v) is 16.3. The minimum atomic E-state index is 0.549. The Morgan fingerprint density at radius 1 is 0.933 bits per heavy atom. The second-order valence-corrected chi connectivity index (χ2v) is 7.55. The van der Waals surface area contributed by atoms with Gasteiger partial charge < -0.3 is 4.57 Å². The molecule has 1 aliphatic rings. The fraction of sp³-hybridized carbons (Fsp3) is 0.130. The molecule has 0 atom stereocenters. The number of aromatic nitrogens is 6. The van der Waals surface area contributed by atoms with Gasteiger partial charge in [0.1, 0.15) is 12.7 Å². The van der Waals surface area contributed by atoms with Gasteiger partial charge in [-0.2, -0.15) is 5.43 Å². The molecule has 3 aromatic heterocycles. The van der Waals surface area contributed by atoms with Crippen LogP contribution in [-0.4, -0.2) is 24.3 Å². The molecule has 1 fully saturated rings. The highest BCUT2D eigenvalue weighted by molar-refractivity contribution is 5.77. The molecule has 146 valence electrons. The van der Waals surface area contributed by atoms with Crippen LogP contribution in [0.5, 0.6) is 0 Å². The molecule has 0 amide bonds. The number of nitrogens with zero attached hydrogens (tertiary/aromatic N) is 6. The van der Waals surface area contributed by atoms with E-state index in [1.807, 2.05) is 60.1 Å². The third-order valence-corrected chi connectivity index (χ3v) is 5.44. The maximum absolute atomic E-state index is 4.47. The first-order chi connectivity index (χ1) is 14.8. The fourth-order valence-corrected chi connectivity index (χ4v) is 3.76. The number of anilines is 1. The molecular weight excluding hydrogens is 374 g/mol. The van der Waals surface area contributed by atoms with Crippen LogP contribution in [0.2, 0.25) is 0 Å². The lowest BCUT2D eigenvalue weighted by atomic mass is 10.2. The van der Waals surface area contributed by atoms with E-state index < -0.39 is 0 Å². The van der Waals surface area contributed by atoms with Gasteiger partial charge in [0.25, 0.3) is 0 Å². The van der Waals surface area contributed by atoms with Gasteiger partial charge in [-0.05, 0) is 37.1 Å². The van der Waals surface area contributed by atoms with Gasteiger partial charge in [0.15, 0.2) is 5.82 Å². The summed E-state index contributed by atoms with van der Waals surface area (Å²) in [6.45, 7) is 0. The Bertz CT molecular complexity index is 1330. The Balaban J connectivity index is 1.26. The number of para-hydroxylation sites is 2. The second-order valence-electron chi connectivity index (χ2n) is 7.55. The number of benzene rings is 2. The topological polar surface area (TPSA) is 64.4 Å². The molecule has 0 spiro atoms. The molecule has 5 aromatic rings. The number of nitrogens with one attached hydrogen (secondary N) is 1. The van der Waals surface area contributed by atoms with Gasteiger partial charge in [0, 0.05) is 23.7 Å². The summed E-state index contributed by atoms with van der Waals surface area (Å²) in [5.74, 6) is 0.925. The van der Waals surface area contributed by atoms with Crippen molar-refractivity contribution in [2.45, 2.75) is 18.9 Å². The minimum Gasteiger partial charge on any atom is -0.310 e. The predicted octanol–water partition coefficient (Wildman–Crippen LogP) is 3.78. The van der Waals surface area contributed by atoms with Crippen molar-refractivity contribution in [3.05, 3.63) is 85.7 Å². The van der Waals surface area contributed by atoms with Crippen molar-refractivity contribution in [2.24, 2.45) is 0 Å². The molecule has 7 heteroatoms. The summed E-state index contributed by atoms with van der Waals surface area (Å²) >= 11 is 0. The van der Waals surface area contributed by atoms with Gasteiger partial charge in [-0.1, -0.05) is 28.9 Å². The summed E-state index contributed by atoms with van der Waals surface area (Å²) < 4.78 is 6.20. The number of rotatable bonds is 5. The van der Waals surface area contributed by atoms with E-state index in [4.69, 9.17) is 0 Å². The number of pyridine rings is 1. The van der Waals surface area contributed by atoms with E-state index in [2.05, 4.69) is 60.1 Å². The van der Waals surface area contributed by atoms with E-state index in [-0.39, 0.29) is 0 Å². The van der Waals surface area contributed by atoms with E-state index in [0.29, 0.717) is 6.04 Å². The average Bonchev–Trinajstić information content (AvgIpc) is 3.35. The number of hydrogen-bond acceptors (Lipinski definition) is 4. The van der Waals surface area contributed by atoms with Crippen molar-refractivity contribution in [1.82, 2.24) is 24.3 Å². The van der Waals surface area contributed by atoms with Crippen LogP contribution in [0.15, 0.2) is 85.7 Å². The van der Waals surface area contributed by atoms with E-state index in [1.54, 1.807) is 0 Å². The summed E-state index contributed by atoms with van der Waals surface area (Å²) in [4.78, 5) is 4.47. The highest BCUT2D eigenvalue weighted by atomic mass is 15.4. The molecule has 0 bridgehead atoms. The largest absolute Gasteiger partial charge is 0.310 e. The smallest absolute Gasteiger partial charge is 0.201 e. The third kappa shape index (κ3) is 3.00. The quantitative estimate of drug-likeness (QED) is 0.461. The lowest BCUT2D eigenvalue weighted by Crippen LogP contribution is -2.41. The first kappa shape index (κ1) is 16.9. The number of hydrogen-bond donors (Lipinski definition) is 1. The number of fused-ring (bicyclic) bond motifs is 1. The van der Waals surface area contributed by atoms with Crippen molar-refractivity contribution in [2.75, 3.05) is 5.43 Å². The second kappa shape index (κ2) is 6.81. The van der Waals surface area contributed by atoms with Gasteiger partial charge >= 0.3 is 0 Å². The molecule has 1 N–H and O–H groups in total. The maximum Gasteiger partial charge on any atom is 0.201 e. The van der Waals surface area contributed by atoms with Crippen LogP contribution in [-0.2, 0) is 0 Å². The average molecular weight is 394 g/mol. The van der Waals surface area contributed by atoms with Gasteiger partial charge in [-0.3, -0.25) is 4.57 Å². The fourth-order valence-electron chi connectivity index (χ4n) is 3.76. The Kier molecular flexibility index (Phi) is 3.84. The van der Waals surface area contributed by atoms with Crippen molar-refractivity contribution in [3.8, 4) is 17.1 Å². The highest BCUT2D eigenvalue weighted by Crippen LogP contribution is 2.37. The van der Waals surface area contributed by atoms with Crippen LogP contribution in [0, 0.1) is 0 Å². The zero-order valence-electron chi connectivity index (χ0n) is 16.3. The molecular formula is C23H20N7+. The summed E-state index contributed by atoms with van der Waals surface area (Å²) in [6, 6.07) is 21.1. The number of imidazole rings is 1. The van der Waals surface area contributed by atoms with Crippen LogP contribution in [0.4, 0.5) is 5.69 Å². The monoisotopic (exact) mass is 394 g/mol.